The predicted octanol–water partition coefficient (Wildman–Crippen LogP) is 1.51. The van der Waals surface area contributed by atoms with Gasteiger partial charge in [-0.2, -0.15) is 0 Å². The largest absolute Gasteiger partial charge is 0.478 e. The van der Waals surface area contributed by atoms with Gasteiger partial charge in [0.05, 0.1) is 16.6 Å². The summed E-state index contributed by atoms with van der Waals surface area (Å²) in [4.78, 5) is 28.3. The highest BCUT2D eigenvalue weighted by molar-refractivity contribution is 6.00. The molecular formula is C15H19N3O3. The number of nitrogens with one attached hydrogen (secondary N) is 1. The third-order valence-electron chi connectivity index (χ3n) is 4.10. The molecule has 1 aromatic heterocycles. The molecule has 0 amide bonds. The van der Waals surface area contributed by atoms with Gasteiger partial charge in [0.1, 0.15) is 0 Å². The van der Waals surface area contributed by atoms with Gasteiger partial charge in [-0.15, -0.1) is 0 Å². The molecular weight excluding hydrogens is 270 g/mol. The molecule has 0 unspecified atom stereocenters. The van der Waals surface area contributed by atoms with Crippen molar-refractivity contribution in [1.82, 2.24) is 14.5 Å². The normalized spacial score (nSPS) is 15.8. The summed E-state index contributed by atoms with van der Waals surface area (Å²) in [5, 5.41) is 9.16. The Balaban J connectivity index is 1.81. The van der Waals surface area contributed by atoms with Crippen molar-refractivity contribution < 1.29 is 9.90 Å². The molecule has 0 saturated carbocycles. The maximum Gasteiger partial charge on any atom is 0.337 e. The Kier molecular flexibility index (Phi) is 3.79. The van der Waals surface area contributed by atoms with Crippen molar-refractivity contribution in [2.45, 2.75) is 25.8 Å². The number of benzene rings is 1. The van der Waals surface area contributed by atoms with Crippen LogP contribution in [0.4, 0.5) is 0 Å². The fourth-order valence-corrected chi connectivity index (χ4v) is 3.04. The van der Waals surface area contributed by atoms with E-state index in [0.717, 1.165) is 26.1 Å². The Hall–Kier alpha value is -2.08. The monoisotopic (exact) mass is 289 g/mol. The maximum atomic E-state index is 12.0. The second-order valence-corrected chi connectivity index (χ2v) is 5.49. The molecule has 2 heterocycles. The summed E-state index contributed by atoms with van der Waals surface area (Å²) in [6, 6.07) is 4.97. The summed E-state index contributed by atoms with van der Waals surface area (Å²) in [7, 11) is 0. The van der Waals surface area contributed by atoms with Crippen molar-refractivity contribution in [3.63, 3.8) is 0 Å². The number of rotatable bonds is 5. The molecule has 1 saturated heterocycles. The van der Waals surface area contributed by atoms with Crippen LogP contribution in [-0.4, -0.2) is 45.2 Å². The molecule has 0 bridgehead atoms. The Morgan fingerprint density at radius 2 is 2.00 bits per heavy atom. The van der Waals surface area contributed by atoms with Gasteiger partial charge in [-0.05, 0) is 51.0 Å². The van der Waals surface area contributed by atoms with E-state index in [0.29, 0.717) is 17.6 Å². The fraction of sp³-hybridized carbons (Fsp3) is 0.467. The van der Waals surface area contributed by atoms with E-state index in [9.17, 15) is 9.59 Å². The second kappa shape index (κ2) is 5.73. The van der Waals surface area contributed by atoms with Crippen LogP contribution < -0.4 is 5.69 Å². The van der Waals surface area contributed by atoms with E-state index in [1.807, 2.05) is 0 Å². The summed E-state index contributed by atoms with van der Waals surface area (Å²) in [5.41, 5.74) is 0.987. The maximum absolute atomic E-state index is 12.0. The third-order valence-corrected chi connectivity index (χ3v) is 4.10. The van der Waals surface area contributed by atoms with Crippen LogP contribution in [0.2, 0.25) is 0 Å². The molecule has 3 rings (SSSR count). The molecule has 0 radical (unpaired) electrons. The Morgan fingerprint density at radius 3 is 2.71 bits per heavy atom. The van der Waals surface area contributed by atoms with E-state index >= 15 is 0 Å². The van der Waals surface area contributed by atoms with Gasteiger partial charge in [-0.25, -0.2) is 9.59 Å². The number of carbonyl (C=O) groups is 1. The lowest BCUT2D eigenvalue weighted by Gasteiger charge is -2.14. The molecule has 2 aromatic rings. The van der Waals surface area contributed by atoms with Gasteiger partial charge in [0.2, 0.25) is 0 Å². The number of H-pyrrole nitrogens is 1. The summed E-state index contributed by atoms with van der Waals surface area (Å²) in [6.45, 7) is 3.88. The molecule has 1 aromatic carbocycles. The molecule has 0 atom stereocenters. The standard InChI is InChI=1S/C15H19N3O3/c19-14(20)11-5-3-6-12-13(11)16-15(21)18(12)10-4-9-17-7-1-2-8-17/h3,5-6H,1-2,4,7-10H2,(H,16,21)(H,19,20). The average Bonchev–Trinajstić information content (AvgIpc) is 3.07. The number of nitrogens with zero attached hydrogens (tertiary/aromatic N) is 2. The number of likely N-dealkylation sites (tertiary alicyclic amines) is 1. The zero-order valence-electron chi connectivity index (χ0n) is 11.8. The van der Waals surface area contributed by atoms with E-state index in [-0.39, 0.29) is 11.3 Å². The summed E-state index contributed by atoms with van der Waals surface area (Å²) < 4.78 is 1.64. The third kappa shape index (κ3) is 2.71. The minimum Gasteiger partial charge on any atom is -0.478 e. The van der Waals surface area contributed by atoms with Crippen molar-refractivity contribution in [2.75, 3.05) is 19.6 Å². The van der Waals surface area contributed by atoms with Gasteiger partial charge < -0.3 is 15.0 Å². The number of imidazole rings is 1. The van der Waals surface area contributed by atoms with Crippen molar-refractivity contribution in [3.05, 3.63) is 34.2 Å². The summed E-state index contributed by atoms with van der Waals surface area (Å²) >= 11 is 0. The SMILES string of the molecule is O=C(O)c1cccc2c1[nH]c(=O)n2CCCN1CCCC1. The van der Waals surface area contributed by atoms with E-state index in [4.69, 9.17) is 5.11 Å². The number of fused-ring (bicyclic) bond motifs is 1. The summed E-state index contributed by atoms with van der Waals surface area (Å²) in [6.07, 6.45) is 3.41. The highest BCUT2D eigenvalue weighted by Gasteiger charge is 2.15. The second-order valence-electron chi connectivity index (χ2n) is 5.49. The van der Waals surface area contributed by atoms with Gasteiger partial charge in [-0.3, -0.25) is 4.57 Å². The number of carboxylic acids is 1. The lowest BCUT2D eigenvalue weighted by Crippen LogP contribution is -2.24. The van der Waals surface area contributed by atoms with Crippen molar-refractivity contribution >= 4 is 17.0 Å². The molecule has 112 valence electrons. The molecule has 2 N–H and O–H groups in total. The molecule has 0 aliphatic carbocycles. The van der Waals surface area contributed by atoms with E-state index < -0.39 is 5.97 Å². The number of para-hydroxylation sites is 1. The van der Waals surface area contributed by atoms with Crippen LogP contribution in [0.5, 0.6) is 0 Å². The summed E-state index contributed by atoms with van der Waals surface area (Å²) in [5.74, 6) is -1.02. The lowest BCUT2D eigenvalue weighted by atomic mass is 10.2. The zero-order chi connectivity index (χ0) is 14.8. The van der Waals surface area contributed by atoms with Crippen molar-refractivity contribution in [2.24, 2.45) is 0 Å². The first-order valence-electron chi connectivity index (χ1n) is 7.34. The number of aromatic nitrogens is 2. The molecule has 0 spiro atoms. The molecule has 1 aliphatic heterocycles. The first-order valence-corrected chi connectivity index (χ1v) is 7.34. The van der Waals surface area contributed by atoms with Gasteiger partial charge >= 0.3 is 11.7 Å². The minimum atomic E-state index is -1.02. The van der Waals surface area contributed by atoms with Crippen LogP contribution in [-0.2, 0) is 6.54 Å². The highest BCUT2D eigenvalue weighted by atomic mass is 16.4. The van der Waals surface area contributed by atoms with Gasteiger partial charge in [0.15, 0.2) is 0 Å². The fourth-order valence-electron chi connectivity index (χ4n) is 3.04. The number of aromatic amines is 1. The number of hydrogen-bond acceptors (Lipinski definition) is 3. The molecule has 6 heteroatoms. The van der Waals surface area contributed by atoms with Gasteiger partial charge in [0, 0.05) is 6.54 Å². The predicted molar refractivity (Wildman–Crippen MR) is 79.8 cm³/mol. The molecule has 6 nitrogen and oxygen atoms in total. The number of aryl methyl sites for hydroxylation is 1. The first kappa shape index (κ1) is 13.9. The van der Waals surface area contributed by atoms with Crippen LogP contribution in [0.1, 0.15) is 29.6 Å². The topological polar surface area (TPSA) is 78.3 Å². The van der Waals surface area contributed by atoms with Crippen LogP contribution >= 0.6 is 0 Å². The van der Waals surface area contributed by atoms with Crippen LogP contribution in [0.15, 0.2) is 23.0 Å². The lowest BCUT2D eigenvalue weighted by molar-refractivity contribution is 0.0699. The van der Waals surface area contributed by atoms with Gasteiger partial charge in [0.25, 0.3) is 0 Å². The van der Waals surface area contributed by atoms with Crippen molar-refractivity contribution in [1.29, 1.82) is 0 Å². The average molecular weight is 289 g/mol. The van der Waals surface area contributed by atoms with Crippen LogP contribution in [0.25, 0.3) is 11.0 Å². The Bertz CT molecular complexity index is 711. The number of hydrogen-bond donors (Lipinski definition) is 2. The molecule has 1 fully saturated rings. The van der Waals surface area contributed by atoms with E-state index in [1.165, 1.54) is 18.9 Å². The van der Waals surface area contributed by atoms with Crippen molar-refractivity contribution in [3.8, 4) is 0 Å². The first-order chi connectivity index (χ1) is 10.2. The van der Waals surface area contributed by atoms with Gasteiger partial charge in [-0.1, -0.05) is 6.07 Å². The van der Waals surface area contributed by atoms with E-state index in [1.54, 1.807) is 16.7 Å². The number of aromatic carboxylic acids is 1. The Labute approximate surface area is 122 Å². The minimum absolute atomic E-state index is 0.142. The highest BCUT2D eigenvalue weighted by Crippen LogP contribution is 2.16. The Morgan fingerprint density at radius 1 is 1.24 bits per heavy atom. The van der Waals surface area contributed by atoms with Crippen LogP contribution in [0.3, 0.4) is 0 Å². The molecule has 21 heavy (non-hydrogen) atoms. The quantitative estimate of drug-likeness (QED) is 0.874. The number of carboxylic acid groups (broad SMARTS) is 1. The van der Waals surface area contributed by atoms with E-state index in [2.05, 4.69) is 9.88 Å². The smallest absolute Gasteiger partial charge is 0.337 e. The molecule has 1 aliphatic rings. The zero-order valence-corrected chi connectivity index (χ0v) is 11.8. The van der Waals surface area contributed by atoms with Crippen LogP contribution in [0, 0.1) is 0 Å².